The molecule has 1 aromatic carbocycles. The van der Waals surface area contributed by atoms with Crippen LogP contribution in [0.25, 0.3) is 0 Å². The minimum Gasteiger partial charge on any atom is -0.493 e. The molecule has 1 aliphatic carbocycles. The Hall–Kier alpha value is -1.22. The summed E-state index contributed by atoms with van der Waals surface area (Å²) in [6.07, 6.45) is 2.60. The Morgan fingerprint density at radius 3 is 2.53 bits per heavy atom. The van der Waals surface area contributed by atoms with Gasteiger partial charge in [0.25, 0.3) is 0 Å². The molecule has 0 radical (unpaired) electrons. The lowest BCUT2D eigenvalue weighted by Crippen LogP contribution is -2.35. The van der Waals surface area contributed by atoms with Crippen molar-refractivity contribution in [2.24, 2.45) is 5.92 Å². The number of ether oxygens (including phenoxy) is 2. The number of rotatable bonds is 6. The lowest BCUT2D eigenvalue weighted by Gasteiger charge is -2.21. The van der Waals surface area contributed by atoms with Gasteiger partial charge in [0.05, 0.1) is 13.7 Å². The third-order valence-electron chi connectivity index (χ3n) is 3.22. The van der Waals surface area contributed by atoms with Gasteiger partial charge in [-0.05, 0) is 57.2 Å². The highest BCUT2D eigenvalue weighted by molar-refractivity contribution is 5.43. The van der Waals surface area contributed by atoms with Crippen LogP contribution in [0.15, 0.2) is 18.2 Å². The maximum Gasteiger partial charge on any atom is 0.161 e. The van der Waals surface area contributed by atoms with E-state index in [4.69, 9.17) is 9.47 Å². The van der Waals surface area contributed by atoms with Gasteiger partial charge in [-0.2, -0.15) is 0 Å². The van der Waals surface area contributed by atoms with Gasteiger partial charge < -0.3 is 14.8 Å². The van der Waals surface area contributed by atoms with Crippen molar-refractivity contribution in [3.05, 3.63) is 23.8 Å². The van der Waals surface area contributed by atoms with E-state index in [9.17, 15) is 0 Å². The molecule has 1 aliphatic rings. The molecule has 0 bridgehead atoms. The number of nitrogens with one attached hydrogen (secondary N) is 1. The quantitative estimate of drug-likeness (QED) is 0.853. The Labute approximate surface area is 116 Å². The Balaban J connectivity index is 1.97. The summed E-state index contributed by atoms with van der Waals surface area (Å²) in [6.45, 7) is 8.14. The SMILES string of the molecule is COc1cc(CNC(C)(C)C)ccc1OCC1CC1. The van der Waals surface area contributed by atoms with E-state index < -0.39 is 0 Å². The zero-order valence-electron chi connectivity index (χ0n) is 12.5. The van der Waals surface area contributed by atoms with Gasteiger partial charge in [-0.3, -0.25) is 0 Å². The minimum absolute atomic E-state index is 0.119. The molecule has 0 heterocycles. The van der Waals surface area contributed by atoms with Gasteiger partial charge in [-0.25, -0.2) is 0 Å². The van der Waals surface area contributed by atoms with E-state index in [1.54, 1.807) is 7.11 Å². The van der Waals surface area contributed by atoms with Gasteiger partial charge in [0.2, 0.25) is 0 Å². The molecule has 0 aromatic heterocycles. The van der Waals surface area contributed by atoms with Crippen LogP contribution in [0.3, 0.4) is 0 Å². The molecule has 1 N–H and O–H groups in total. The first kappa shape index (κ1) is 14.2. The molecule has 1 aromatic rings. The summed E-state index contributed by atoms with van der Waals surface area (Å²) < 4.78 is 11.2. The largest absolute Gasteiger partial charge is 0.493 e. The van der Waals surface area contributed by atoms with Crippen molar-refractivity contribution in [3.8, 4) is 11.5 Å². The standard InChI is InChI=1S/C16H25NO2/c1-16(2,3)17-10-13-7-8-14(15(9-13)18-4)19-11-12-5-6-12/h7-9,12,17H,5-6,10-11H2,1-4H3. The number of methoxy groups -OCH3 is 1. The monoisotopic (exact) mass is 263 g/mol. The molecule has 0 spiro atoms. The third-order valence-corrected chi connectivity index (χ3v) is 3.22. The summed E-state index contributed by atoms with van der Waals surface area (Å²) in [6, 6.07) is 6.17. The topological polar surface area (TPSA) is 30.5 Å². The highest BCUT2D eigenvalue weighted by Crippen LogP contribution is 2.33. The Morgan fingerprint density at radius 1 is 1.21 bits per heavy atom. The lowest BCUT2D eigenvalue weighted by molar-refractivity contribution is 0.280. The molecular formula is C16H25NO2. The molecular weight excluding hydrogens is 238 g/mol. The van der Waals surface area contributed by atoms with Crippen molar-refractivity contribution in [1.29, 1.82) is 0 Å². The van der Waals surface area contributed by atoms with Crippen molar-refractivity contribution in [2.45, 2.75) is 45.7 Å². The maximum atomic E-state index is 5.81. The Kier molecular flexibility index (Phi) is 4.35. The van der Waals surface area contributed by atoms with Crippen LogP contribution < -0.4 is 14.8 Å². The molecule has 106 valence electrons. The van der Waals surface area contributed by atoms with Crippen molar-refractivity contribution in [2.75, 3.05) is 13.7 Å². The molecule has 3 nitrogen and oxygen atoms in total. The van der Waals surface area contributed by atoms with Gasteiger partial charge in [-0.1, -0.05) is 6.07 Å². The van der Waals surface area contributed by atoms with Crippen molar-refractivity contribution < 1.29 is 9.47 Å². The van der Waals surface area contributed by atoms with E-state index in [1.807, 2.05) is 6.07 Å². The molecule has 3 heteroatoms. The van der Waals surface area contributed by atoms with Gasteiger partial charge in [-0.15, -0.1) is 0 Å². The third kappa shape index (κ3) is 4.75. The van der Waals surface area contributed by atoms with E-state index in [0.717, 1.165) is 30.6 Å². The zero-order valence-corrected chi connectivity index (χ0v) is 12.5. The van der Waals surface area contributed by atoms with E-state index in [0.29, 0.717) is 0 Å². The first-order valence-electron chi connectivity index (χ1n) is 7.03. The molecule has 0 saturated heterocycles. The average Bonchev–Trinajstić information content (AvgIpc) is 3.17. The van der Waals surface area contributed by atoms with Crippen molar-refractivity contribution in [1.82, 2.24) is 5.32 Å². The van der Waals surface area contributed by atoms with Gasteiger partial charge in [0.15, 0.2) is 11.5 Å². The molecule has 2 rings (SSSR count). The smallest absolute Gasteiger partial charge is 0.161 e. The van der Waals surface area contributed by atoms with Crippen LogP contribution in [0.5, 0.6) is 11.5 Å². The van der Waals surface area contributed by atoms with Gasteiger partial charge in [0, 0.05) is 12.1 Å². The lowest BCUT2D eigenvalue weighted by atomic mass is 10.1. The predicted octanol–water partition coefficient (Wildman–Crippen LogP) is 3.37. The van der Waals surface area contributed by atoms with E-state index in [1.165, 1.54) is 18.4 Å². The molecule has 0 aliphatic heterocycles. The van der Waals surface area contributed by atoms with E-state index in [2.05, 4.69) is 38.2 Å². The summed E-state index contributed by atoms with van der Waals surface area (Å²) in [5.74, 6) is 2.44. The highest BCUT2D eigenvalue weighted by atomic mass is 16.5. The average molecular weight is 263 g/mol. The van der Waals surface area contributed by atoms with Crippen molar-refractivity contribution in [3.63, 3.8) is 0 Å². The number of benzene rings is 1. The van der Waals surface area contributed by atoms with Gasteiger partial charge in [0.1, 0.15) is 0 Å². The summed E-state index contributed by atoms with van der Waals surface area (Å²) in [5.41, 5.74) is 1.33. The molecule has 1 saturated carbocycles. The van der Waals surface area contributed by atoms with Crippen LogP contribution >= 0.6 is 0 Å². The van der Waals surface area contributed by atoms with Crippen LogP contribution in [0.1, 0.15) is 39.2 Å². The second-order valence-electron chi connectivity index (χ2n) is 6.34. The van der Waals surface area contributed by atoms with E-state index in [-0.39, 0.29) is 5.54 Å². The summed E-state index contributed by atoms with van der Waals surface area (Å²) in [4.78, 5) is 0. The molecule has 0 amide bonds. The fraction of sp³-hybridized carbons (Fsp3) is 0.625. The normalized spacial score (nSPS) is 15.4. The Morgan fingerprint density at radius 2 is 1.95 bits per heavy atom. The van der Waals surface area contributed by atoms with Gasteiger partial charge >= 0.3 is 0 Å². The first-order valence-corrected chi connectivity index (χ1v) is 7.03. The fourth-order valence-electron chi connectivity index (χ4n) is 1.80. The van der Waals surface area contributed by atoms with Crippen LogP contribution in [-0.2, 0) is 6.54 Å². The van der Waals surface area contributed by atoms with Crippen molar-refractivity contribution >= 4 is 0 Å². The van der Waals surface area contributed by atoms with Crippen LogP contribution in [0.2, 0.25) is 0 Å². The first-order chi connectivity index (χ1) is 8.98. The second kappa shape index (κ2) is 5.83. The van der Waals surface area contributed by atoms with E-state index >= 15 is 0 Å². The molecule has 1 fully saturated rings. The predicted molar refractivity (Wildman–Crippen MR) is 77.8 cm³/mol. The van der Waals surface area contributed by atoms with Crippen LogP contribution in [-0.4, -0.2) is 19.3 Å². The van der Waals surface area contributed by atoms with Crippen LogP contribution in [0.4, 0.5) is 0 Å². The van der Waals surface area contributed by atoms with Crippen LogP contribution in [0, 0.1) is 5.92 Å². The Bertz CT molecular complexity index is 419. The minimum atomic E-state index is 0.119. The summed E-state index contributed by atoms with van der Waals surface area (Å²) in [7, 11) is 1.69. The zero-order chi connectivity index (χ0) is 13.9. The molecule has 19 heavy (non-hydrogen) atoms. The highest BCUT2D eigenvalue weighted by Gasteiger charge is 2.22. The second-order valence-corrected chi connectivity index (χ2v) is 6.34. The number of hydrogen-bond donors (Lipinski definition) is 1. The fourth-order valence-corrected chi connectivity index (χ4v) is 1.80. The summed E-state index contributed by atoms with van der Waals surface area (Å²) in [5, 5.41) is 3.47. The molecule has 0 unspecified atom stereocenters. The maximum absolute atomic E-state index is 5.81. The molecule has 0 atom stereocenters. The number of hydrogen-bond acceptors (Lipinski definition) is 3. The summed E-state index contributed by atoms with van der Waals surface area (Å²) >= 11 is 0.